The molecule has 0 aliphatic rings. The van der Waals surface area contributed by atoms with E-state index in [0.29, 0.717) is 0 Å². The van der Waals surface area contributed by atoms with Gasteiger partial charge in [-0.25, -0.2) is 4.98 Å². The lowest BCUT2D eigenvalue weighted by atomic mass is 9.83. The van der Waals surface area contributed by atoms with E-state index in [1.807, 2.05) is 0 Å². The molecule has 5 nitrogen and oxygen atoms in total. The number of hydrogen-bond acceptors (Lipinski definition) is 3. The Morgan fingerprint density at radius 3 is 1.23 bits per heavy atom. The van der Waals surface area contributed by atoms with Crippen LogP contribution in [-0.2, 0) is 16.2 Å². The van der Waals surface area contributed by atoms with Crippen LogP contribution >= 0.6 is 0 Å². The van der Waals surface area contributed by atoms with Crippen molar-refractivity contribution in [3.05, 3.63) is 211 Å². The topological polar surface area (TPSA) is 28.2 Å². The van der Waals surface area contributed by atoms with E-state index in [2.05, 4.69) is 275 Å². The molecule has 14 aromatic rings. The van der Waals surface area contributed by atoms with Gasteiger partial charge in [-0.1, -0.05) is 159 Å². The molecule has 74 heavy (non-hydrogen) atoms. The highest BCUT2D eigenvalue weighted by Crippen LogP contribution is 2.54. The third kappa shape index (κ3) is 6.38. The molecule has 14 rings (SSSR count). The summed E-state index contributed by atoms with van der Waals surface area (Å²) in [6, 6.07) is 69.8. The quantitative estimate of drug-likeness (QED) is 0.166. The molecule has 0 amide bonds. The summed E-state index contributed by atoms with van der Waals surface area (Å²) in [5.41, 5.74) is 17.1. The third-order valence-electron chi connectivity index (χ3n) is 15.9. The van der Waals surface area contributed by atoms with Gasteiger partial charge in [0.1, 0.15) is 5.65 Å². The second-order valence-corrected chi connectivity index (χ2v) is 23.7. The lowest BCUT2D eigenvalue weighted by Crippen LogP contribution is -2.15. The first kappa shape index (κ1) is 44.3. The molecular weight excluding hydrogens is 899 g/mol. The van der Waals surface area contributed by atoms with Crippen LogP contribution in [0.25, 0.3) is 87.1 Å². The Hall–Kier alpha value is -8.41. The summed E-state index contributed by atoms with van der Waals surface area (Å²) in [6.45, 7) is 21.1. The Kier molecular flexibility index (Phi) is 9.31. The van der Waals surface area contributed by atoms with Crippen molar-refractivity contribution in [3.8, 4) is 0 Å². The SMILES string of the molecule is CC(C)(C)c1cc(N(c2ccccc2)c2ccccc2)c2c(c1)c1cc(C(C)(C)C)cc3c4c5c6cc(C(C)(C)C)cc7c8c9ccccc9cc(N(c9ccccc9)c9ccccc9)c8n(c5cnc4n2c13)c67. The Morgan fingerprint density at radius 2 is 0.730 bits per heavy atom. The van der Waals surface area contributed by atoms with Crippen molar-refractivity contribution in [2.45, 2.75) is 78.6 Å². The van der Waals surface area contributed by atoms with Crippen molar-refractivity contribution in [2.75, 3.05) is 9.80 Å². The highest BCUT2D eigenvalue weighted by Gasteiger charge is 2.33. The van der Waals surface area contributed by atoms with Gasteiger partial charge in [0.2, 0.25) is 0 Å². The normalized spacial score (nSPS) is 12.9. The molecule has 0 radical (unpaired) electrons. The predicted molar refractivity (Wildman–Crippen MR) is 317 cm³/mol. The molecular formula is C69H59N5. The highest BCUT2D eigenvalue weighted by molar-refractivity contribution is 6.38. The molecule has 0 atom stereocenters. The van der Waals surface area contributed by atoms with Crippen molar-refractivity contribution in [1.82, 2.24) is 13.8 Å². The van der Waals surface area contributed by atoms with Gasteiger partial charge in [-0.2, -0.15) is 0 Å². The van der Waals surface area contributed by atoms with Gasteiger partial charge in [0.05, 0.1) is 45.2 Å². The largest absolute Gasteiger partial charge is 0.308 e. The zero-order valence-electron chi connectivity index (χ0n) is 43.7. The maximum absolute atomic E-state index is 5.79. The smallest absolute Gasteiger partial charge is 0.146 e. The summed E-state index contributed by atoms with van der Waals surface area (Å²) in [5.74, 6) is 0. The first-order valence-electron chi connectivity index (χ1n) is 26.2. The minimum atomic E-state index is -0.134. The molecule has 0 saturated carbocycles. The van der Waals surface area contributed by atoms with Gasteiger partial charge in [0, 0.05) is 65.8 Å². The van der Waals surface area contributed by atoms with Gasteiger partial charge >= 0.3 is 0 Å². The van der Waals surface area contributed by atoms with Crippen molar-refractivity contribution in [1.29, 1.82) is 0 Å². The van der Waals surface area contributed by atoms with Crippen LogP contribution in [0.5, 0.6) is 0 Å². The van der Waals surface area contributed by atoms with E-state index < -0.39 is 0 Å². The zero-order valence-corrected chi connectivity index (χ0v) is 43.7. The molecule has 0 spiro atoms. The summed E-state index contributed by atoms with van der Waals surface area (Å²) in [4.78, 5) is 10.7. The summed E-state index contributed by atoms with van der Waals surface area (Å²) in [5, 5.41) is 12.4. The molecule has 0 N–H and O–H groups in total. The van der Waals surface area contributed by atoms with Crippen LogP contribution in [-0.4, -0.2) is 13.8 Å². The van der Waals surface area contributed by atoms with Crippen LogP contribution in [0.1, 0.15) is 79.0 Å². The number of hydrogen-bond donors (Lipinski definition) is 0. The van der Waals surface area contributed by atoms with Gasteiger partial charge in [0.15, 0.2) is 0 Å². The van der Waals surface area contributed by atoms with Gasteiger partial charge in [-0.05, 0) is 135 Å². The fourth-order valence-electron chi connectivity index (χ4n) is 12.2. The molecule has 9 aromatic carbocycles. The number of aromatic nitrogens is 3. The molecule has 0 unspecified atom stereocenters. The van der Waals surface area contributed by atoms with Crippen LogP contribution in [0.2, 0.25) is 0 Å². The summed E-state index contributed by atoms with van der Waals surface area (Å²) in [6.07, 6.45) is 2.20. The molecule has 0 aliphatic carbocycles. The zero-order chi connectivity index (χ0) is 50.6. The van der Waals surface area contributed by atoms with Crippen LogP contribution in [0.15, 0.2) is 194 Å². The molecule has 5 aromatic heterocycles. The molecule has 5 heterocycles. The summed E-state index contributed by atoms with van der Waals surface area (Å²) >= 11 is 0. The number of rotatable bonds is 6. The fourth-order valence-corrected chi connectivity index (χ4v) is 12.2. The Labute approximate surface area is 432 Å². The van der Waals surface area contributed by atoms with E-state index >= 15 is 0 Å². The Balaban J connectivity index is 1.22. The first-order valence-corrected chi connectivity index (χ1v) is 26.2. The lowest BCUT2D eigenvalue weighted by Gasteiger charge is -2.29. The van der Waals surface area contributed by atoms with Crippen LogP contribution in [0, 0.1) is 0 Å². The van der Waals surface area contributed by atoms with Gasteiger partial charge in [0.25, 0.3) is 0 Å². The molecule has 5 heteroatoms. The van der Waals surface area contributed by atoms with Crippen LogP contribution in [0.3, 0.4) is 0 Å². The number of fused-ring (bicyclic) bond motifs is 15. The van der Waals surface area contributed by atoms with E-state index in [0.717, 1.165) is 50.8 Å². The summed E-state index contributed by atoms with van der Waals surface area (Å²) in [7, 11) is 0. The minimum absolute atomic E-state index is 0.123. The predicted octanol–water partition coefficient (Wildman–Crippen LogP) is 19.4. The lowest BCUT2D eigenvalue weighted by molar-refractivity contribution is 0.591. The minimum Gasteiger partial charge on any atom is -0.308 e. The fraction of sp³-hybridized carbons (Fsp3) is 0.174. The number of benzene rings is 9. The Bertz CT molecular complexity index is 4430. The maximum atomic E-state index is 5.79. The van der Waals surface area contributed by atoms with Crippen molar-refractivity contribution in [2.24, 2.45) is 0 Å². The molecule has 0 fully saturated rings. The third-order valence-corrected chi connectivity index (χ3v) is 15.9. The highest BCUT2D eigenvalue weighted by atomic mass is 15.2. The average molecular weight is 958 g/mol. The summed E-state index contributed by atoms with van der Waals surface area (Å²) < 4.78 is 5.12. The maximum Gasteiger partial charge on any atom is 0.146 e. The van der Waals surface area contributed by atoms with Crippen molar-refractivity contribution < 1.29 is 0 Å². The van der Waals surface area contributed by atoms with E-state index in [-0.39, 0.29) is 16.2 Å². The average Bonchev–Trinajstić information content (AvgIpc) is 4.24. The number of anilines is 6. The first-order chi connectivity index (χ1) is 35.6. The van der Waals surface area contributed by atoms with Gasteiger partial charge in [-0.15, -0.1) is 0 Å². The van der Waals surface area contributed by atoms with Crippen molar-refractivity contribution >= 4 is 121 Å². The van der Waals surface area contributed by atoms with E-state index in [9.17, 15) is 0 Å². The van der Waals surface area contributed by atoms with Crippen LogP contribution < -0.4 is 9.80 Å². The molecule has 0 saturated heterocycles. The van der Waals surface area contributed by atoms with Gasteiger partial charge < -0.3 is 14.2 Å². The number of nitrogens with zero attached hydrogens (tertiary/aromatic N) is 5. The van der Waals surface area contributed by atoms with E-state index in [1.165, 1.54) is 87.1 Å². The van der Waals surface area contributed by atoms with Crippen LogP contribution in [0.4, 0.5) is 34.1 Å². The van der Waals surface area contributed by atoms with Crippen molar-refractivity contribution in [3.63, 3.8) is 0 Å². The Morgan fingerprint density at radius 1 is 0.338 bits per heavy atom. The number of para-hydroxylation sites is 4. The standard InChI is InChI=1S/C69H59N5/c1-67(2,3)43-35-51-52-36-45(69(7,8)9)40-57(72(48-29-18-12-19-30-48)49-31-20-13-21-32-49)64(52)74-62(51)55(39-43)61-60-54-38-44(68(4,5)6)37-53-59-50-33-23-22-24-42(50)34-56(65(59)73(63(53)54)58(60)41-70-66(61)74)71(46-25-14-10-15-26-46)47-27-16-11-17-28-47/h10-41H,1-9H3. The van der Waals surface area contributed by atoms with E-state index in [1.54, 1.807) is 0 Å². The van der Waals surface area contributed by atoms with E-state index in [4.69, 9.17) is 4.98 Å². The molecule has 0 aliphatic heterocycles. The molecule has 0 bridgehead atoms. The van der Waals surface area contributed by atoms with Gasteiger partial charge in [-0.3, -0.25) is 4.40 Å². The second-order valence-electron chi connectivity index (χ2n) is 23.7. The number of pyridine rings is 1. The monoisotopic (exact) mass is 957 g/mol. The molecule has 360 valence electrons. The second kappa shape index (κ2) is 15.6.